The van der Waals surface area contributed by atoms with Gasteiger partial charge in [-0.15, -0.1) is 11.3 Å². The second kappa shape index (κ2) is 8.67. The van der Waals surface area contributed by atoms with Gasteiger partial charge in [-0.1, -0.05) is 6.92 Å². The van der Waals surface area contributed by atoms with E-state index in [1.807, 2.05) is 12.1 Å². The minimum atomic E-state index is -0.112. The van der Waals surface area contributed by atoms with Crippen molar-refractivity contribution in [2.45, 2.75) is 39.0 Å². The van der Waals surface area contributed by atoms with Crippen LogP contribution in [0.2, 0.25) is 0 Å². The van der Waals surface area contributed by atoms with Crippen LogP contribution >= 0.6 is 27.3 Å². The summed E-state index contributed by atoms with van der Waals surface area (Å²) in [6, 6.07) is 3.73. The molecule has 0 fully saturated rings. The number of nitrogens with zero attached hydrogens (tertiary/aromatic N) is 3. The highest BCUT2D eigenvalue weighted by Gasteiger charge is 2.20. The summed E-state index contributed by atoms with van der Waals surface area (Å²) in [6.45, 7) is 2.66. The van der Waals surface area contributed by atoms with E-state index in [0.717, 1.165) is 45.9 Å². The van der Waals surface area contributed by atoms with Gasteiger partial charge in [-0.05, 0) is 71.3 Å². The highest BCUT2D eigenvalue weighted by molar-refractivity contribution is 9.10. The van der Waals surface area contributed by atoms with Crippen molar-refractivity contribution in [3.05, 3.63) is 49.3 Å². The van der Waals surface area contributed by atoms with Gasteiger partial charge in [0.15, 0.2) is 11.5 Å². The maximum atomic E-state index is 13.0. The number of hydrogen-bond donors (Lipinski definition) is 0. The molecule has 8 heteroatoms. The molecule has 152 valence electrons. The van der Waals surface area contributed by atoms with Crippen molar-refractivity contribution in [1.29, 1.82) is 0 Å². The first-order chi connectivity index (χ1) is 14.1. The van der Waals surface area contributed by atoms with E-state index in [1.54, 1.807) is 24.7 Å². The molecule has 0 saturated carbocycles. The third kappa shape index (κ3) is 3.96. The van der Waals surface area contributed by atoms with Crippen LogP contribution in [0, 0.1) is 0 Å². The van der Waals surface area contributed by atoms with Gasteiger partial charge in [-0.25, -0.2) is 4.98 Å². The lowest BCUT2D eigenvalue weighted by atomic mass is 9.97. The molecule has 4 rings (SSSR count). The molecule has 2 aromatic heterocycles. The number of hydrogen-bond acceptors (Lipinski definition) is 6. The Hall–Kier alpha value is -2.19. The standard InChI is InChI=1S/C21H22BrN3O3S/c1-3-8-28-19-15(22)9-13(10-16(19)27-2)11-24-25-12-23-20-18(21(25)26)14-6-4-5-7-17(14)29-20/h9-12H,3-8H2,1-2H3/b24-11+. The zero-order valence-corrected chi connectivity index (χ0v) is 18.8. The fraction of sp³-hybridized carbons (Fsp3) is 0.381. The summed E-state index contributed by atoms with van der Waals surface area (Å²) in [5, 5.41) is 5.10. The van der Waals surface area contributed by atoms with Crippen molar-refractivity contribution >= 4 is 43.7 Å². The molecule has 6 nitrogen and oxygen atoms in total. The van der Waals surface area contributed by atoms with Crippen molar-refractivity contribution < 1.29 is 9.47 Å². The largest absolute Gasteiger partial charge is 0.493 e. The highest BCUT2D eigenvalue weighted by Crippen LogP contribution is 2.36. The summed E-state index contributed by atoms with van der Waals surface area (Å²) in [5.74, 6) is 1.28. The van der Waals surface area contributed by atoms with E-state index < -0.39 is 0 Å². The fourth-order valence-corrected chi connectivity index (χ4v) is 5.30. The Balaban J connectivity index is 1.69. The topological polar surface area (TPSA) is 65.7 Å². The number of fused-ring (bicyclic) bond motifs is 3. The summed E-state index contributed by atoms with van der Waals surface area (Å²) in [7, 11) is 1.60. The number of rotatable bonds is 6. The van der Waals surface area contributed by atoms with E-state index in [0.29, 0.717) is 18.1 Å². The molecule has 29 heavy (non-hydrogen) atoms. The zero-order chi connectivity index (χ0) is 20.4. The van der Waals surface area contributed by atoms with E-state index in [-0.39, 0.29) is 5.56 Å². The average molecular weight is 476 g/mol. The summed E-state index contributed by atoms with van der Waals surface area (Å²) in [5.41, 5.74) is 1.84. The van der Waals surface area contributed by atoms with E-state index in [4.69, 9.17) is 9.47 Å². The van der Waals surface area contributed by atoms with Crippen molar-refractivity contribution in [3.63, 3.8) is 0 Å². The molecule has 0 radical (unpaired) electrons. The van der Waals surface area contributed by atoms with Crippen molar-refractivity contribution in [2.75, 3.05) is 13.7 Å². The monoisotopic (exact) mass is 475 g/mol. The Labute approximate surface area is 181 Å². The third-order valence-electron chi connectivity index (χ3n) is 4.89. The van der Waals surface area contributed by atoms with Gasteiger partial charge in [0.1, 0.15) is 11.2 Å². The van der Waals surface area contributed by atoms with Gasteiger partial charge >= 0.3 is 0 Å². The van der Waals surface area contributed by atoms with Gasteiger partial charge in [0.05, 0.1) is 29.8 Å². The van der Waals surface area contributed by atoms with Crippen LogP contribution in [-0.4, -0.2) is 29.6 Å². The molecule has 3 aromatic rings. The number of ether oxygens (including phenoxy) is 2. The van der Waals surface area contributed by atoms with E-state index in [2.05, 4.69) is 32.9 Å². The number of thiophene rings is 1. The smallest absolute Gasteiger partial charge is 0.282 e. The molecule has 0 bridgehead atoms. The van der Waals surface area contributed by atoms with Crippen molar-refractivity contribution in [3.8, 4) is 11.5 Å². The number of aryl methyl sites for hydroxylation is 2. The van der Waals surface area contributed by atoms with Gasteiger partial charge in [0, 0.05) is 4.88 Å². The summed E-state index contributed by atoms with van der Waals surface area (Å²) < 4.78 is 13.3. The molecule has 1 aromatic carbocycles. The third-order valence-corrected chi connectivity index (χ3v) is 6.68. The molecule has 0 aliphatic heterocycles. The first kappa shape index (κ1) is 20.1. The van der Waals surface area contributed by atoms with Gasteiger partial charge in [-0.2, -0.15) is 9.78 Å². The Morgan fingerprint density at radius 2 is 2.17 bits per heavy atom. The first-order valence-corrected chi connectivity index (χ1v) is 11.3. The normalized spacial score (nSPS) is 13.8. The quantitative estimate of drug-likeness (QED) is 0.481. The molecule has 0 atom stereocenters. The lowest BCUT2D eigenvalue weighted by Crippen LogP contribution is -2.18. The molecular weight excluding hydrogens is 454 g/mol. The summed E-state index contributed by atoms with van der Waals surface area (Å²) >= 11 is 5.17. The molecular formula is C21H22BrN3O3S. The zero-order valence-electron chi connectivity index (χ0n) is 16.4. The van der Waals surface area contributed by atoms with E-state index in [9.17, 15) is 4.79 Å². The van der Waals surface area contributed by atoms with Crippen molar-refractivity contribution in [2.24, 2.45) is 5.10 Å². The fourth-order valence-electron chi connectivity index (χ4n) is 3.51. The lowest BCUT2D eigenvalue weighted by molar-refractivity contribution is 0.292. The second-order valence-electron chi connectivity index (χ2n) is 6.91. The first-order valence-electron chi connectivity index (χ1n) is 9.69. The van der Waals surface area contributed by atoms with Gasteiger partial charge in [-0.3, -0.25) is 4.79 Å². The van der Waals surface area contributed by atoms with Crippen LogP contribution < -0.4 is 15.0 Å². The SMILES string of the molecule is CCCOc1c(Br)cc(/C=N/n2cnc3sc4c(c3c2=O)CCCC4)cc1OC. The second-order valence-corrected chi connectivity index (χ2v) is 8.85. The van der Waals surface area contributed by atoms with Crippen LogP contribution in [0.1, 0.15) is 42.2 Å². The minimum absolute atomic E-state index is 0.112. The van der Waals surface area contributed by atoms with Crippen LogP contribution in [0.25, 0.3) is 10.2 Å². The molecule has 0 spiro atoms. The Morgan fingerprint density at radius 1 is 1.34 bits per heavy atom. The summed E-state index contributed by atoms with van der Waals surface area (Å²) in [4.78, 5) is 19.6. The predicted molar refractivity (Wildman–Crippen MR) is 120 cm³/mol. The van der Waals surface area contributed by atoms with Crippen molar-refractivity contribution in [1.82, 2.24) is 9.66 Å². The number of methoxy groups -OCH3 is 1. The molecule has 0 N–H and O–H groups in total. The average Bonchev–Trinajstić information content (AvgIpc) is 3.11. The van der Waals surface area contributed by atoms with Gasteiger partial charge < -0.3 is 9.47 Å². The molecule has 2 heterocycles. The lowest BCUT2D eigenvalue weighted by Gasteiger charge is -2.12. The molecule has 1 aliphatic carbocycles. The van der Waals surface area contributed by atoms with Gasteiger partial charge in [0.2, 0.25) is 0 Å². The molecule has 0 unspecified atom stereocenters. The van der Waals surface area contributed by atoms with Crippen LogP contribution in [0.5, 0.6) is 11.5 Å². The predicted octanol–water partition coefficient (Wildman–Crippen LogP) is 4.78. The number of benzene rings is 1. The molecule has 1 aliphatic rings. The maximum absolute atomic E-state index is 13.0. The summed E-state index contributed by atoms with van der Waals surface area (Å²) in [6.07, 6.45) is 8.32. The molecule has 0 saturated heterocycles. The Morgan fingerprint density at radius 3 is 2.97 bits per heavy atom. The minimum Gasteiger partial charge on any atom is -0.493 e. The number of halogens is 1. The van der Waals surface area contributed by atoms with Crippen LogP contribution in [-0.2, 0) is 12.8 Å². The van der Waals surface area contributed by atoms with E-state index in [1.165, 1.54) is 27.9 Å². The van der Waals surface area contributed by atoms with E-state index >= 15 is 0 Å². The van der Waals surface area contributed by atoms with Crippen LogP contribution in [0.3, 0.4) is 0 Å². The van der Waals surface area contributed by atoms with Crippen LogP contribution in [0.4, 0.5) is 0 Å². The maximum Gasteiger partial charge on any atom is 0.282 e. The van der Waals surface area contributed by atoms with Gasteiger partial charge in [0.25, 0.3) is 5.56 Å². The number of aromatic nitrogens is 2. The molecule has 0 amide bonds. The Kier molecular flexibility index (Phi) is 6.01. The van der Waals surface area contributed by atoms with Crippen LogP contribution in [0.15, 0.2) is 32.8 Å². The Bertz CT molecular complexity index is 1140. The highest BCUT2D eigenvalue weighted by atomic mass is 79.9.